The van der Waals surface area contributed by atoms with Crippen molar-refractivity contribution >= 4 is 27.5 Å². The molecular weight excluding hydrogens is 545 g/mol. The Hall–Kier alpha value is -3.92. The molecule has 2 amide bonds. The standard InChI is InChI=1S/C31H38FN3O5S/c1-7-28(30(37)33-31(3,4)5)34(20-23-10-16-26(40-6)17-11-23)29(36)21-35(25-14-8-22(2)9-15-25)41(38,39)27-18-12-24(32)13-19-27/h8-19,28H,7,20-21H2,1-6H3,(H,33,37). The van der Waals surface area contributed by atoms with Crippen molar-refractivity contribution in [3.63, 3.8) is 0 Å². The zero-order chi connectivity index (χ0) is 30.4. The lowest BCUT2D eigenvalue weighted by Gasteiger charge is -2.34. The van der Waals surface area contributed by atoms with Crippen LogP contribution in [0.2, 0.25) is 0 Å². The normalized spacial score (nSPS) is 12.4. The fourth-order valence-electron chi connectivity index (χ4n) is 4.27. The summed E-state index contributed by atoms with van der Waals surface area (Å²) in [6, 6.07) is 17.4. The van der Waals surface area contributed by atoms with Crippen LogP contribution in [-0.2, 0) is 26.2 Å². The highest BCUT2D eigenvalue weighted by Crippen LogP contribution is 2.26. The second-order valence-electron chi connectivity index (χ2n) is 10.8. The fourth-order valence-corrected chi connectivity index (χ4v) is 5.69. The van der Waals surface area contributed by atoms with Crippen LogP contribution >= 0.6 is 0 Å². The number of hydrogen-bond donors (Lipinski definition) is 1. The van der Waals surface area contributed by atoms with Gasteiger partial charge in [-0.05, 0) is 88.2 Å². The van der Waals surface area contributed by atoms with Crippen LogP contribution in [0.1, 0.15) is 45.2 Å². The summed E-state index contributed by atoms with van der Waals surface area (Å²) < 4.78 is 47.5. The van der Waals surface area contributed by atoms with Crippen molar-refractivity contribution in [2.45, 2.75) is 64.1 Å². The number of methoxy groups -OCH3 is 1. The predicted molar refractivity (Wildman–Crippen MR) is 158 cm³/mol. The molecule has 0 saturated carbocycles. The van der Waals surface area contributed by atoms with Crippen LogP contribution in [0.3, 0.4) is 0 Å². The monoisotopic (exact) mass is 583 g/mol. The lowest BCUT2D eigenvalue weighted by Crippen LogP contribution is -2.55. The molecule has 3 aromatic carbocycles. The van der Waals surface area contributed by atoms with Gasteiger partial charge in [-0.2, -0.15) is 0 Å². The molecule has 0 spiro atoms. The second-order valence-corrected chi connectivity index (χ2v) is 12.7. The minimum atomic E-state index is -4.27. The molecule has 1 N–H and O–H groups in total. The molecule has 220 valence electrons. The maximum atomic E-state index is 14.1. The lowest BCUT2D eigenvalue weighted by molar-refractivity contribution is -0.141. The molecule has 3 rings (SSSR count). The van der Waals surface area contributed by atoms with Crippen LogP contribution in [-0.4, -0.2) is 50.4 Å². The molecule has 0 fully saturated rings. The van der Waals surface area contributed by atoms with Gasteiger partial charge in [0.15, 0.2) is 0 Å². The maximum Gasteiger partial charge on any atom is 0.264 e. The van der Waals surface area contributed by atoms with Gasteiger partial charge in [-0.3, -0.25) is 13.9 Å². The van der Waals surface area contributed by atoms with Crippen molar-refractivity contribution in [3.8, 4) is 5.75 Å². The van der Waals surface area contributed by atoms with Gasteiger partial charge >= 0.3 is 0 Å². The number of nitrogens with zero attached hydrogens (tertiary/aromatic N) is 2. The average Bonchev–Trinajstić information content (AvgIpc) is 2.91. The van der Waals surface area contributed by atoms with Gasteiger partial charge in [0, 0.05) is 12.1 Å². The highest BCUT2D eigenvalue weighted by atomic mass is 32.2. The molecule has 0 bridgehead atoms. The van der Waals surface area contributed by atoms with Crippen molar-refractivity contribution in [1.82, 2.24) is 10.2 Å². The smallest absolute Gasteiger partial charge is 0.264 e. The van der Waals surface area contributed by atoms with E-state index in [9.17, 15) is 22.4 Å². The van der Waals surface area contributed by atoms with Crippen LogP contribution in [0.25, 0.3) is 0 Å². The Labute approximate surface area is 242 Å². The van der Waals surface area contributed by atoms with Gasteiger partial charge in [-0.15, -0.1) is 0 Å². The second kappa shape index (κ2) is 13.2. The first-order valence-corrected chi connectivity index (χ1v) is 14.8. The summed E-state index contributed by atoms with van der Waals surface area (Å²) in [5.41, 5.74) is 1.37. The number of ether oxygens (including phenoxy) is 1. The van der Waals surface area contributed by atoms with Crippen LogP contribution < -0.4 is 14.4 Å². The van der Waals surface area contributed by atoms with Crippen LogP contribution in [0, 0.1) is 12.7 Å². The summed E-state index contributed by atoms with van der Waals surface area (Å²) in [7, 11) is -2.72. The third-order valence-electron chi connectivity index (χ3n) is 6.40. The molecule has 0 saturated heterocycles. The van der Waals surface area contributed by atoms with E-state index in [1.54, 1.807) is 62.6 Å². The molecular formula is C31H38FN3O5S. The molecule has 1 unspecified atom stereocenters. The number of nitrogens with one attached hydrogen (secondary N) is 1. The summed E-state index contributed by atoms with van der Waals surface area (Å²) in [6.07, 6.45) is 0.305. The zero-order valence-electron chi connectivity index (χ0n) is 24.3. The number of sulfonamides is 1. The maximum absolute atomic E-state index is 14.1. The molecule has 0 heterocycles. The number of carbonyl (C=O) groups is 2. The quantitative estimate of drug-likeness (QED) is 0.341. The number of halogens is 1. The first kappa shape index (κ1) is 31.6. The average molecular weight is 584 g/mol. The van der Waals surface area contributed by atoms with E-state index in [4.69, 9.17) is 4.74 Å². The van der Waals surface area contributed by atoms with Gasteiger partial charge in [-0.25, -0.2) is 12.8 Å². The number of aryl methyl sites for hydroxylation is 1. The van der Waals surface area contributed by atoms with E-state index < -0.39 is 39.9 Å². The topological polar surface area (TPSA) is 96.0 Å². The number of hydrogen-bond acceptors (Lipinski definition) is 5. The highest BCUT2D eigenvalue weighted by Gasteiger charge is 2.34. The van der Waals surface area contributed by atoms with E-state index in [-0.39, 0.29) is 23.0 Å². The molecule has 0 aliphatic rings. The Morgan fingerprint density at radius 2 is 1.54 bits per heavy atom. The van der Waals surface area contributed by atoms with E-state index in [1.165, 1.54) is 4.90 Å². The summed E-state index contributed by atoms with van der Waals surface area (Å²) in [6.45, 7) is 8.71. The van der Waals surface area contributed by atoms with Gasteiger partial charge in [0.2, 0.25) is 11.8 Å². The molecule has 10 heteroatoms. The molecule has 0 aromatic heterocycles. The van der Waals surface area contributed by atoms with Gasteiger partial charge in [0.1, 0.15) is 24.2 Å². The number of benzene rings is 3. The lowest BCUT2D eigenvalue weighted by atomic mass is 10.1. The largest absolute Gasteiger partial charge is 0.497 e. The first-order chi connectivity index (χ1) is 19.2. The van der Waals surface area contributed by atoms with Gasteiger partial charge in [-0.1, -0.05) is 36.8 Å². The van der Waals surface area contributed by atoms with E-state index in [2.05, 4.69) is 5.32 Å². The van der Waals surface area contributed by atoms with Crippen molar-refractivity contribution in [1.29, 1.82) is 0 Å². The van der Waals surface area contributed by atoms with Crippen LogP contribution in [0.15, 0.2) is 77.7 Å². The van der Waals surface area contributed by atoms with E-state index in [0.29, 0.717) is 12.2 Å². The Morgan fingerprint density at radius 1 is 0.951 bits per heavy atom. The molecule has 1 atom stereocenters. The third kappa shape index (κ3) is 8.29. The number of carbonyl (C=O) groups excluding carboxylic acids is 2. The molecule has 41 heavy (non-hydrogen) atoms. The summed E-state index contributed by atoms with van der Waals surface area (Å²) in [5, 5.41) is 2.94. The van der Waals surface area contributed by atoms with Crippen molar-refractivity contribution < 1.29 is 27.1 Å². The van der Waals surface area contributed by atoms with Gasteiger partial charge < -0.3 is 15.0 Å². The minimum Gasteiger partial charge on any atom is -0.497 e. The predicted octanol–water partition coefficient (Wildman–Crippen LogP) is 5.06. The number of anilines is 1. The van der Waals surface area contributed by atoms with Crippen molar-refractivity contribution in [2.24, 2.45) is 0 Å². The Bertz CT molecular complexity index is 1440. The van der Waals surface area contributed by atoms with Crippen molar-refractivity contribution in [2.75, 3.05) is 18.0 Å². The Balaban J connectivity index is 2.06. The van der Waals surface area contributed by atoms with Gasteiger partial charge in [0.25, 0.3) is 10.0 Å². The van der Waals surface area contributed by atoms with Crippen LogP contribution in [0.5, 0.6) is 5.75 Å². The number of rotatable bonds is 11. The minimum absolute atomic E-state index is 0.0667. The summed E-state index contributed by atoms with van der Waals surface area (Å²) in [4.78, 5) is 28.7. The molecule has 0 aliphatic heterocycles. The van der Waals surface area contributed by atoms with Gasteiger partial charge in [0.05, 0.1) is 17.7 Å². The number of amides is 2. The molecule has 0 aliphatic carbocycles. The van der Waals surface area contributed by atoms with E-state index in [1.807, 2.05) is 27.7 Å². The van der Waals surface area contributed by atoms with Crippen LogP contribution in [0.4, 0.5) is 10.1 Å². The SMILES string of the molecule is CCC(C(=O)NC(C)(C)C)N(Cc1ccc(OC)cc1)C(=O)CN(c1ccc(C)cc1)S(=O)(=O)c1ccc(F)cc1. The van der Waals surface area contributed by atoms with Crippen molar-refractivity contribution in [3.05, 3.63) is 89.7 Å². The molecule has 8 nitrogen and oxygen atoms in total. The Morgan fingerprint density at radius 3 is 2.05 bits per heavy atom. The molecule has 0 radical (unpaired) electrons. The van der Waals surface area contributed by atoms with E-state index in [0.717, 1.165) is 39.7 Å². The Kier molecular flexibility index (Phi) is 10.1. The first-order valence-electron chi connectivity index (χ1n) is 13.3. The fraction of sp³-hybridized carbons (Fsp3) is 0.355. The van der Waals surface area contributed by atoms with E-state index >= 15 is 0 Å². The highest BCUT2D eigenvalue weighted by molar-refractivity contribution is 7.92. The molecule has 3 aromatic rings. The zero-order valence-corrected chi connectivity index (χ0v) is 25.2. The summed E-state index contributed by atoms with van der Waals surface area (Å²) in [5.74, 6) is -0.851. The third-order valence-corrected chi connectivity index (χ3v) is 8.19. The summed E-state index contributed by atoms with van der Waals surface area (Å²) >= 11 is 0.